The van der Waals surface area contributed by atoms with Crippen LogP contribution in [0.5, 0.6) is 0 Å². The van der Waals surface area contributed by atoms with Crippen molar-refractivity contribution < 1.29 is 9.90 Å². The molecule has 0 radical (unpaired) electrons. The molecule has 0 aliphatic rings. The Morgan fingerprint density at radius 1 is 1.10 bits per heavy atom. The summed E-state index contributed by atoms with van der Waals surface area (Å²) < 4.78 is 2.29. The zero-order valence-corrected chi connectivity index (χ0v) is 13.4. The summed E-state index contributed by atoms with van der Waals surface area (Å²) in [5, 5.41) is 7.42. The second-order valence-electron chi connectivity index (χ2n) is 5.54. The van der Waals surface area contributed by atoms with Crippen LogP contribution >= 0.6 is 0 Å². The summed E-state index contributed by atoms with van der Waals surface area (Å²) in [6.07, 6.45) is 2.01. The first-order valence-corrected chi connectivity index (χ1v) is 7.17. The molecule has 1 aromatic carbocycles. The van der Waals surface area contributed by atoms with Crippen molar-refractivity contribution >= 4 is 5.97 Å². The molecule has 2 rings (SSSR count). The third-order valence-electron chi connectivity index (χ3n) is 2.94. The van der Waals surface area contributed by atoms with Crippen LogP contribution in [-0.4, -0.2) is 20.6 Å². The predicted octanol–water partition coefficient (Wildman–Crippen LogP) is 4.21. The van der Waals surface area contributed by atoms with Crippen LogP contribution in [0.3, 0.4) is 0 Å². The van der Waals surface area contributed by atoms with E-state index in [0.717, 1.165) is 12.7 Å². The van der Waals surface area contributed by atoms with Crippen LogP contribution in [0.1, 0.15) is 58.0 Å². The molecule has 1 aromatic heterocycles. The summed E-state index contributed by atoms with van der Waals surface area (Å²) in [5.74, 6) is 1.22. The monoisotopic (exact) mass is 288 g/mol. The minimum atomic E-state index is -0.833. The Morgan fingerprint density at radius 3 is 2.05 bits per heavy atom. The molecule has 1 heterocycles. The molecule has 0 unspecified atom stereocenters. The van der Waals surface area contributed by atoms with Crippen LogP contribution in [0.25, 0.3) is 5.69 Å². The first-order valence-electron chi connectivity index (χ1n) is 7.17. The highest BCUT2D eigenvalue weighted by molar-refractivity contribution is 5.62. The minimum Gasteiger partial charge on any atom is -0.481 e. The van der Waals surface area contributed by atoms with E-state index in [1.807, 2.05) is 12.3 Å². The van der Waals surface area contributed by atoms with Gasteiger partial charge >= 0.3 is 0 Å². The summed E-state index contributed by atoms with van der Waals surface area (Å²) >= 11 is 0. The molecule has 0 aliphatic carbocycles. The first kappa shape index (κ1) is 17.0. The van der Waals surface area contributed by atoms with Gasteiger partial charge in [-0.2, -0.15) is 0 Å². The minimum absolute atomic E-state index is 0.433. The van der Waals surface area contributed by atoms with Gasteiger partial charge in [-0.1, -0.05) is 45.9 Å². The molecule has 0 bridgehead atoms. The molecule has 0 aliphatic heterocycles. The molecular formula is C17H24N2O2. The molecule has 4 heteroatoms. The maximum atomic E-state index is 9.00. The molecule has 4 nitrogen and oxygen atoms in total. The molecule has 114 valence electrons. The number of carbonyl (C=O) groups is 1. The lowest BCUT2D eigenvalue weighted by Crippen LogP contribution is -2.07. The van der Waals surface area contributed by atoms with Gasteiger partial charge in [0.05, 0.1) is 0 Å². The van der Waals surface area contributed by atoms with E-state index in [1.165, 1.54) is 11.4 Å². The molecule has 0 saturated heterocycles. The van der Waals surface area contributed by atoms with Crippen molar-refractivity contribution in [1.82, 2.24) is 9.55 Å². The number of aromatic nitrogens is 2. The summed E-state index contributed by atoms with van der Waals surface area (Å²) in [4.78, 5) is 13.6. The molecule has 0 amide bonds. The van der Waals surface area contributed by atoms with Crippen molar-refractivity contribution in [2.24, 2.45) is 0 Å². The fourth-order valence-corrected chi connectivity index (χ4v) is 2.05. The Hall–Kier alpha value is -2.10. The predicted molar refractivity (Wildman–Crippen MR) is 85.1 cm³/mol. The topological polar surface area (TPSA) is 55.1 Å². The van der Waals surface area contributed by atoms with Crippen molar-refractivity contribution in [3.05, 3.63) is 48.0 Å². The largest absolute Gasteiger partial charge is 0.481 e. The number of hydrogen-bond donors (Lipinski definition) is 1. The first-order chi connectivity index (χ1) is 9.84. The van der Waals surface area contributed by atoms with Gasteiger partial charge in [0, 0.05) is 30.4 Å². The molecule has 1 N–H and O–H groups in total. The fourth-order valence-electron chi connectivity index (χ4n) is 2.05. The number of carboxylic acids is 1. The molecule has 0 fully saturated rings. The van der Waals surface area contributed by atoms with Crippen molar-refractivity contribution in [2.75, 3.05) is 0 Å². The van der Waals surface area contributed by atoms with Gasteiger partial charge in [-0.25, -0.2) is 4.98 Å². The molecule has 0 saturated carbocycles. The van der Waals surface area contributed by atoms with Crippen LogP contribution in [0.2, 0.25) is 0 Å². The Bertz CT molecular complexity index is 542. The Balaban J connectivity index is 0.000000491. The standard InChI is InChI=1S/C15H20N2.C2H4O2/c1-11(2)14-10-16-15(12(3)4)17(14)13-8-6-5-7-9-13;1-2(3)4/h5-12H,1-4H3;1H3,(H,3,4). The quantitative estimate of drug-likeness (QED) is 0.920. The van der Waals surface area contributed by atoms with E-state index in [4.69, 9.17) is 9.90 Å². The van der Waals surface area contributed by atoms with Crippen LogP contribution in [-0.2, 0) is 4.79 Å². The average Bonchev–Trinajstić information content (AvgIpc) is 2.84. The van der Waals surface area contributed by atoms with Crippen LogP contribution in [0.4, 0.5) is 0 Å². The zero-order valence-electron chi connectivity index (χ0n) is 13.4. The number of imidazole rings is 1. The van der Waals surface area contributed by atoms with E-state index < -0.39 is 5.97 Å². The van der Waals surface area contributed by atoms with Gasteiger partial charge in [-0.15, -0.1) is 0 Å². The number of hydrogen-bond acceptors (Lipinski definition) is 2. The second-order valence-corrected chi connectivity index (χ2v) is 5.54. The van der Waals surface area contributed by atoms with Gasteiger partial charge < -0.3 is 9.67 Å². The highest BCUT2D eigenvalue weighted by Crippen LogP contribution is 2.25. The van der Waals surface area contributed by atoms with E-state index in [9.17, 15) is 0 Å². The molecule has 0 atom stereocenters. The molecular weight excluding hydrogens is 264 g/mol. The van der Waals surface area contributed by atoms with Gasteiger partial charge in [0.1, 0.15) is 5.82 Å². The number of nitrogens with zero attached hydrogens (tertiary/aromatic N) is 2. The highest BCUT2D eigenvalue weighted by atomic mass is 16.4. The molecule has 0 spiro atoms. The third kappa shape index (κ3) is 4.74. The van der Waals surface area contributed by atoms with Crippen LogP contribution in [0, 0.1) is 0 Å². The number of aliphatic carboxylic acids is 1. The molecule has 21 heavy (non-hydrogen) atoms. The normalized spacial score (nSPS) is 10.4. The summed E-state index contributed by atoms with van der Waals surface area (Å²) in [6.45, 7) is 9.87. The van der Waals surface area contributed by atoms with Gasteiger partial charge in [0.15, 0.2) is 0 Å². The van der Waals surface area contributed by atoms with Crippen LogP contribution < -0.4 is 0 Å². The van der Waals surface area contributed by atoms with E-state index >= 15 is 0 Å². The average molecular weight is 288 g/mol. The lowest BCUT2D eigenvalue weighted by molar-refractivity contribution is -0.134. The lowest BCUT2D eigenvalue weighted by atomic mass is 10.1. The maximum absolute atomic E-state index is 9.00. The lowest BCUT2D eigenvalue weighted by Gasteiger charge is -2.15. The molecule has 2 aromatic rings. The van der Waals surface area contributed by atoms with Crippen LogP contribution in [0.15, 0.2) is 36.5 Å². The maximum Gasteiger partial charge on any atom is 0.300 e. The van der Waals surface area contributed by atoms with E-state index in [-0.39, 0.29) is 0 Å². The highest BCUT2D eigenvalue weighted by Gasteiger charge is 2.16. The number of benzene rings is 1. The van der Waals surface area contributed by atoms with E-state index in [0.29, 0.717) is 11.8 Å². The number of rotatable bonds is 3. The van der Waals surface area contributed by atoms with E-state index in [1.54, 1.807) is 0 Å². The van der Waals surface area contributed by atoms with Gasteiger partial charge in [-0.05, 0) is 18.1 Å². The SMILES string of the molecule is CC(=O)O.CC(C)c1cnc(C(C)C)n1-c1ccccc1. The smallest absolute Gasteiger partial charge is 0.300 e. The Labute approximate surface area is 126 Å². The van der Waals surface area contributed by atoms with Crippen molar-refractivity contribution in [2.45, 2.75) is 46.5 Å². The van der Waals surface area contributed by atoms with Crippen molar-refractivity contribution in [1.29, 1.82) is 0 Å². The Kier molecular flexibility index (Phi) is 6.15. The summed E-state index contributed by atoms with van der Waals surface area (Å²) in [6, 6.07) is 10.5. The summed E-state index contributed by atoms with van der Waals surface area (Å²) in [7, 11) is 0. The van der Waals surface area contributed by atoms with Gasteiger partial charge in [0.2, 0.25) is 0 Å². The van der Waals surface area contributed by atoms with Crippen molar-refractivity contribution in [3.8, 4) is 5.69 Å². The Morgan fingerprint density at radius 2 is 1.62 bits per heavy atom. The number of para-hydroxylation sites is 1. The third-order valence-corrected chi connectivity index (χ3v) is 2.94. The number of carboxylic acid groups (broad SMARTS) is 1. The zero-order chi connectivity index (χ0) is 16.0. The summed E-state index contributed by atoms with van der Waals surface area (Å²) in [5.41, 5.74) is 2.48. The van der Waals surface area contributed by atoms with Gasteiger partial charge in [0.25, 0.3) is 5.97 Å². The fraction of sp³-hybridized carbons (Fsp3) is 0.412. The van der Waals surface area contributed by atoms with Crippen molar-refractivity contribution in [3.63, 3.8) is 0 Å². The van der Waals surface area contributed by atoms with E-state index in [2.05, 4.69) is 61.5 Å². The van der Waals surface area contributed by atoms with Gasteiger partial charge in [-0.3, -0.25) is 4.79 Å². The second kappa shape index (κ2) is 7.62.